The number of hydrogen-bond acceptors (Lipinski definition) is 3. The van der Waals surface area contributed by atoms with E-state index in [9.17, 15) is 4.79 Å². The lowest BCUT2D eigenvalue weighted by Gasteiger charge is -2.37. The standard InChI is InChI=1S/C13H19N3O/c1-9(2)7-11-8-15-12-5-4-6-14-13(12)16(11)10(3)17/h4-6,9,11,15H,7-8H2,1-3H3/t11-/m1/s1. The van der Waals surface area contributed by atoms with Crippen LogP contribution in [0.4, 0.5) is 11.5 Å². The van der Waals surface area contributed by atoms with Gasteiger partial charge in [-0.1, -0.05) is 13.8 Å². The van der Waals surface area contributed by atoms with Crippen LogP contribution in [0.2, 0.25) is 0 Å². The molecular weight excluding hydrogens is 214 g/mol. The van der Waals surface area contributed by atoms with E-state index >= 15 is 0 Å². The summed E-state index contributed by atoms with van der Waals surface area (Å²) in [5.41, 5.74) is 0.947. The van der Waals surface area contributed by atoms with Gasteiger partial charge in [-0.15, -0.1) is 0 Å². The van der Waals surface area contributed by atoms with Gasteiger partial charge < -0.3 is 5.32 Å². The Morgan fingerprint density at radius 3 is 3.06 bits per heavy atom. The number of carbonyl (C=O) groups excluding carboxylic acids is 1. The monoisotopic (exact) mass is 233 g/mol. The van der Waals surface area contributed by atoms with Crippen LogP contribution >= 0.6 is 0 Å². The minimum absolute atomic E-state index is 0.0668. The van der Waals surface area contributed by atoms with Crippen LogP contribution < -0.4 is 10.2 Å². The molecule has 1 aromatic heterocycles. The highest BCUT2D eigenvalue weighted by Gasteiger charge is 2.30. The number of nitrogens with zero attached hydrogens (tertiary/aromatic N) is 2. The fraction of sp³-hybridized carbons (Fsp3) is 0.538. The van der Waals surface area contributed by atoms with E-state index in [4.69, 9.17) is 0 Å². The molecule has 0 aromatic carbocycles. The van der Waals surface area contributed by atoms with Crippen LogP contribution in [0.25, 0.3) is 0 Å². The molecule has 92 valence electrons. The molecule has 0 aliphatic carbocycles. The Hall–Kier alpha value is -1.58. The van der Waals surface area contributed by atoms with Crippen molar-refractivity contribution in [2.45, 2.75) is 33.2 Å². The average molecular weight is 233 g/mol. The minimum atomic E-state index is 0.0668. The zero-order chi connectivity index (χ0) is 12.4. The topological polar surface area (TPSA) is 45.2 Å². The summed E-state index contributed by atoms with van der Waals surface area (Å²) in [4.78, 5) is 18.0. The van der Waals surface area contributed by atoms with Gasteiger partial charge in [0.15, 0.2) is 5.82 Å². The second-order valence-corrected chi connectivity index (χ2v) is 4.93. The lowest BCUT2D eigenvalue weighted by Crippen LogP contribution is -2.47. The van der Waals surface area contributed by atoms with Crippen LogP contribution in [0.15, 0.2) is 18.3 Å². The number of aromatic nitrogens is 1. The minimum Gasteiger partial charge on any atom is -0.380 e. The number of fused-ring (bicyclic) bond motifs is 1. The molecule has 1 atom stereocenters. The van der Waals surface area contributed by atoms with E-state index in [-0.39, 0.29) is 11.9 Å². The van der Waals surface area contributed by atoms with E-state index in [0.29, 0.717) is 5.92 Å². The van der Waals surface area contributed by atoms with Gasteiger partial charge in [-0.05, 0) is 24.5 Å². The second-order valence-electron chi connectivity index (χ2n) is 4.93. The van der Waals surface area contributed by atoms with Crippen LogP contribution in [-0.2, 0) is 4.79 Å². The molecule has 0 saturated carbocycles. The van der Waals surface area contributed by atoms with Crippen molar-refractivity contribution < 1.29 is 4.79 Å². The van der Waals surface area contributed by atoms with Crippen molar-refractivity contribution in [1.82, 2.24) is 4.98 Å². The van der Waals surface area contributed by atoms with Crippen molar-refractivity contribution in [3.8, 4) is 0 Å². The predicted octanol–water partition coefficient (Wildman–Crippen LogP) is 2.27. The molecule has 0 saturated heterocycles. The Bertz CT molecular complexity index is 417. The van der Waals surface area contributed by atoms with Crippen LogP contribution in [0, 0.1) is 5.92 Å². The molecule has 2 heterocycles. The molecule has 1 aromatic rings. The highest BCUT2D eigenvalue weighted by Crippen LogP contribution is 2.30. The largest absolute Gasteiger partial charge is 0.380 e. The molecule has 1 N–H and O–H groups in total. The molecule has 0 bridgehead atoms. The number of hydrogen-bond donors (Lipinski definition) is 1. The van der Waals surface area contributed by atoms with Crippen LogP contribution in [0.3, 0.4) is 0 Å². The Labute approximate surface area is 102 Å². The summed E-state index contributed by atoms with van der Waals surface area (Å²) >= 11 is 0. The third kappa shape index (κ3) is 2.40. The molecule has 0 radical (unpaired) electrons. The average Bonchev–Trinajstić information content (AvgIpc) is 2.27. The normalized spacial score (nSPS) is 18.8. The summed E-state index contributed by atoms with van der Waals surface area (Å²) in [6.45, 7) is 6.76. The zero-order valence-electron chi connectivity index (χ0n) is 10.6. The van der Waals surface area contributed by atoms with E-state index < -0.39 is 0 Å². The maximum absolute atomic E-state index is 11.8. The highest BCUT2D eigenvalue weighted by molar-refractivity contribution is 5.95. The number of anilines is 2. The van der Waals surface area contributed by atoms with Crippen molar-refractivity contribution in [3.63, 3.8) is 0 Å². The van der Waals surface area contributed by atoms with Crippen LogP contribution in [0.1, 0.15) is 27.2 Å². The van der Waals surface area contributed by atoms with Gasteiger partial charge >= 0.3 is 0 Å². The molecule has 0 fully saturated rings. The van der Waals surface area contributed by atoms with Gasteiger partial charge in [-0.3, -0.25) is 9.69 Å². The first-order valence-corrected chi connectivity index (χ1v) is 6.08. The van der Waals surface area contributed by atoms with E-state index in [1.807, 2.05) is 17.0 Å². The SMILES string of the molecule is CC(=O)N1c2ncccc2NC[C@H]1CC(C)C. The van der Waals surface area contributed by atoms with Crippen molar-refractivity contribution in [2.24, 2.45) is 5.92 Å². The third-order valence-electron chi connectivity index (χ3n) is 2.99. The predicted molar refractivity (Wildman–Crippen MR) is 69.1 cm³/mol. The Morgan fingerprint density at radius 1 is 1.65 bits per heavy atom. The summed E-state index contributed by atoms with van der Waals surface area (Å²) < 4.78 is 0. The van der Waals surface area contributed by atoms with Gasteiger partial charge in [-0.2, -0.15) is 0 Å². The zero-order valence-corrected chi connectivity index (χ0v) is 10.6. The first kappa shape index (κ1) is 11.9. The second kappa shape index (κ2) is 4.73. The molecule has 2 rings (SSSR count). The van der Waals surface area contributed by atoms with E-state index in [0.717, 1.165) is 24.5 Å². The highest BCUT2D eigenvalue weighted by atomic mass is 16.2. The molecule has 4 nitrogen and oxygen atoms in total. The summed E-state index contributed by atoms with van der Waals surface area (Å²) in [5.74, 6) is 1.39. The third-order valence-corrected chi connectivity index (χ3v) is 2.99. The maximum atomic E-state index is 11.8. The molecule has 4 heteroatoms. The number of nitrogens with one attached hydrogen (secondary N) is 1. The van der Waals surface area contributed by atoms with Crippen LogP contribution in [-0.4, -0.2) is 23.5 Å². The van der Waals surface area contributed by atoms with Gasteiger partial charge in [0, 0.05) is 19.7 Å². The Kier molecular flexibility index (Phi) is 3.31. The molecule has 1 amide bonds. The number of pyridine rings is 1. The lowest BCUT2D eigenvalue weighted by molar-refractivity contribution is -0.117. The summed E-state index contributed by atoms with van der Waals surface area (Å²) in [7, 11) is 0. The quantitative estimate of drug-likeness (QED) is 0.852. The van der Waals surface area contributed by atoms with E-state index in [2.05, 4.69) is 24.1 Å². The van der Waals surface area contributed by atoms with Crippen molar-refractivity contribution in [2.75, 3.05) is 16.8 Å². The van der Waals surface area contributed by atoms with E-state index in [1.165, 1.54) is 0 Å². The van der Waals surface area contributed by atoms with Crippen molar-refractivity contribution >= 4 is 17.4 Å². The fourth-order valence-corrected chi connectivity index (χ4v) is 2.36. The Balaban J connectivity index is 2.32. The smallest absolute Gasteiger partial charge is 0.225 e. The first-order valence-electron chi connectivity index (χ1n) is 6.08. The van der Waals surface area contributed by atoms with Gasteiger partial charge in [0.05, 0.1) is 11.7 Å². The maximum Gasteiger partial charge on any atom is 0.225 e. The van der Waals surface area contributed by atoms with Crippen molar-refractivity contribution in [1.29, 1.82) is 0 Å². The Morgan fingerprint density at radius 2 is 2.41 bits per heavy atom. The molecule has 1 aliphatic heterocycles. The summed E-state index contributed by atoms with van der Waals surface area (Å²) in [6.07, 6.45) is 2.72. The van der Waals surface area contributed by atoms with Crippen LogP contribution in [0.5, 0.6) is 0 Å². The number of carbonyl (C=O) groups is 1. The molecular formula is C13H19N3O. The summed E-state index contributed by atoms with van der Waals surface area (Å²) in [5, 5.41) is 3.35. The molecule has 0 spiro atoms. The molecule has 17 heavy (non-hydrogen) atoms. The first-order chi connectivity index (χ1) is 8.09. The van der Waals surface area contributed by atoms with Gasteiger partial charge in [0.25, 0.3) is 0 Å². The lowest BCUT2D eigenvalue weighted by atomic mass is 10.0. The number of amides is 1. The van der Waals surface area contributed by atoms with Gasteiger partial charge in [-0.25, -0.2) is 4.98 Å². The number of rotatable bonds is 2. The van der Waals surface area contributed by atoms with Gasteiger partial charge in [0.2, 0.25) is 5.91 Å². The van der Waals surface area contributed by atoms with Crippen molar-refractivity contribution in [3.05, 3.63) is 18.3 Å². The molecule has 0 unspecified atom stereocenters. The van der Waals surface area contributed by atoms with Gasteiger partial charge in [0.1, 0.15) is 0 Å². The fourth-order valence-electron chi connectivity index (χ4n) is 2.36. The van der Waals surface area contributed by atoms with E-state index in [1.54, 1.807) is 13.1 Å². The molecule has 1 aliphatic rings. The summed E-state index contributed by atoms with van der Waals surface area (Å²) in [6, 6.07) is 4.05.